The van der Waals surface area contributed by atoms with Gasteiger partial charge in [0.25, 0.3) is 6.26 Å². The second-order valence-corrected chi connectivity index (χ2v) is 8.47. The van der Waals surface area contributed by atoms with E-state index >= 15 is 0 Å². The zero-order valence-electron chi connectivity index (χ0n) is 15.8. The smallest absolute Gasteiger partial charge is 0.329 e. The minimum absolute atomic E-state index is 0.0295. The number of carbonyl (C=O) groups is 1. The molecule has 0 bridgehead atoms. The summed E-state index contributed by atoms with van der Waals surface area (Å²) in [7, 11) is 0. The van der Waals surface area contributed by atoms with Gasteiger partial charge in [0.2, 0.25) is 0 Å². The number of ether oxygens (including phenoxy) is 2. The fourth-order valence-corrected chi connectivity index (χ4v) is 4.23. The number of hydrogen-bond donors (Lipinski definition) is 0. The number of para-hydroxylation sites is 1. The summed E-state index contributed by atoms with van der Waals surface area (Å²) in [5.41, 5.74) is -0.966. The van der Waals surface area contributed by atoms with Gasteiger partial charge in [0.1, 0.15) is 10.2 Å². The summed E-state index contributed by atoms with van der Waals surface area (Å²) < 4.78 is 24.6. The van der Waals surface area contributed by atoms with Crippen LogP contribution in [0.2, 0.25) is 0 Å². The zero-order valence-corrected chi connectivity index (χ0v) is 17.3. The molecule has 3 rings (SSSR count). The lowest BCUT2D eigenvalue weighted by Crippen LogP contribution is -2.26. The molecule has 150 valence electrons. The van der Waals surface area contributed by atoms with Crippen molar-refractivity contribution in [3.05, 3.63) is 70.5 Å². The average Bonchev–Trinajstić information content (AvgIpc) is 3.13. The molecule has 0 aliphatic heterocycles. The third kappa shape index (κ3) is 3.96. The SMILES string of the molecule is CC1(C)C(C=C(Cl)Cl)C1(Cc1ccc(F)c(Oc2ccccc2)c1)C(=O)OC#N. The lowest BCUT2D eigenvalue weighted by molar-refractivity contribution is -0.145. The van der Waals surface area contributed by atoms with Crippen LogP contribution >= 0.6 is 23.2 Å². The lowest BCUT2D eigenvalue weighted by atomic mass is 9.88. The van der Waals surface area contributed by atoms with Crippen LogP contribution in [-0.2, 0) is 16.0 Å². The van der Waals surface area contributed by atoms with Crippen LogP contribution < -0.4 is 4.74 Å². The van der Waals surface area contributed by atoms with Crippen LogP contribution in [0.1, 0.15) is 19.4 Å². The van der Waals surface area contributed by atoms with Crippen LogP contribution in [0.25, 0.3) is 0 Å². The van der Waals surface area contributed by atoms with Crippen molar-refractivity contribution in [2.45, 2.75) is 20.3 Å². The van der Waals surface area contributed by atoms with Gasteiger partial charge in [0, 0.05) is 5.92 Å². The summed E-state index contributed by atoms with van der Waals surface area (Å²) >= 11 is 11.7. The van der Waals surface area contributed by atoms with E-state index in [1.54, 1.807) is 42.5 Å². The van der Waals surface area contributed by atoms with E-state index in [1.807, 2.05) is 19.9 Å². The van der Waals surface area contributed by atoms with Crippen molar-refractivity contribution in [3.8, 4) is 17.8 Å². The molecule has 0 N–H and O–H groups in total. The molecule has 0 amide bonds. The lowest BCUT2D eigenvalue weighted by Gasteiger charge is -2.17. The topological polar surface area (TPSA) is 59.3 Å². The standard InChI is InChI=1S/C22H18Cl2FNO3/c1-21(2)18(11-19(23)24)22(21,20(27)28-13-26)12-14-8-9-16(25)17(10-14)29-15-6-4-3-5-7-15/h3-11,18H,12H2,1-2H3. The monoisotopic (exact) mass is 433 g/mol. The summed E-state index contributed by atoms with van der Waals surface area (Å²) in [6, 6.07) is 13.2. The van der Waals surface area contributed by atoms with Crippen LogP contribution in [0.3, 0.4) is 0 Å². The Balaban J connectivity index is 1.95. The van der Waals surface area contributed by atoms with E-state index in [1.165, 1.54) is 12.3 Å². The predicted octanol–water partition coefficient (Wildman–Crippen LogP) is 6.15. The van der Waals surface area contributed by atoms with E-state index in [0.29, 0.717) is 11.3 Å². The molecule has 2 aromatic carbocycles. The first-order chi connectivity index (χ1) is 13.7. The van der Waals surface area contributed by atoms with E-state index < -0.39 is 22.6 Å². The van der Waals surface area contributed by atoms with Gasteiger partial charge in [-0.15, -0.1) is 5.26 Å². The summed E-state index contributed by atoms with van der Waals surface area (Å²) in [4.78, 5) is 12.7. The van der Waals surface area contributed by atoms with Crippen molar-refractivity contribution >= 4 is 29.2 Å². The number of rotatable bonds is 6. The van der Waals surface area contributed by atoms with Crippen molar-refractivity contribution in [3.63, 3.8) is 0 Å². The molecule has 4 nitrogen and oxygen atoms in total. The number of carbonyl (C=O) groups excluding carboxylic acids is 1. The Morgan fingerprint density at radius 1 is 1.24 bits per heavy atom. The molecule has 1 fully saturated rings. The number of esters is 1. The molecular formula is C22H18Cl2FNO3. The van der Waals surface area contributed by atoms with Gasteiger partial charge in [-0.3, -0.25) is 4.79 Å². The first-order valence-corrected chi connectivity index (χ1v) is 9.62. The fraction of sp³-hybridized carbons (Fsp3) is 0.273. The normalized spacial score (nSPS) is 21.6. The Morgan fingerprint density at radius 3 is 2.55 bits per heavy atom. The van der Waals surface area contributed by atoms with Crippen LogP contribution in [0.15, 0.2) is 59.1 Å². The highest BCUT2D eigenvalue weighted by Gasteiger charge is 2.75. The maximum atomic E-state index is 14.3. The molecule has 2 unspecified atom stereocenters. The molecule has 1 aliphatic rings. The van der Waals surface area contributed by atoms with Crippen molar-refractivity contribution in [2.24, 2.45) is 16.7 Å². The predicted molar refractivity (Wildman–Crippen MR) is 108 cm³/mol. The van der Waals surface area contributed by atoms with E-state index in [9.17, 15) is 9.18 Å². The Morgan fingerprint density at radius 2 is 1.93 bits per heavy atom. The molecule has 0 spiro atoms. The highest BCUT2D eigenvalue weighted by Crippen LogP contribution is 2.71. The molecule has 1 saturated carbocycles. The summed E-state index contributed by atoms with van der Waals surface area (Å²) in [6.45, 7) is 3.74. The Bertz CT molecular complexity index is 997. The van der Waals surface area contributed by atoms with E-state index in [2.05, 4.69) is 4.74 Å². The van der Waals surface area contributed by atoms with Gasteiger partial charge in [0.15, 0.2) is 11.6 Å². The molecule has 2 atom stereocenters. The molecule has 29 heavy (non-hydrogen) atoms. The van der Waals surface area contributed by atoms with Crippen molar-refractivity contribution in [2.75, 3.05) is 0 Å². The molecule has 0 aromatic heterocycles. The minimum Gasteiger partial charge on any atom is -0.454 e. The van der Waals surface area contributed by atoms with Gasteiger partial charge >= 0.3 is 5.97 Å². The molecular weight excluding hydrogens is 416 g/mol. The Kier molecular flexibility index (Phi) is 5.88. The minimum atomic E-state index is -1.06. The quantitative estimate of drug-likeness (QED) is 0.405. The molecule has 7 heteroatoms. The molecule has 1 aliphatic carbocycles. The van der Waals surface area contributed by atoms with Gasteiger partial charge in [-0.1, -0.05) is 61.3 Å². The van der Waals surface area contributed by atoms with Crippen molar-refractivity contribution < 1.29 is 18.7 Å². The van der Waals surface area contributed by atoms with Gasteiger partial charge in [-0.2, -0.15) is 0 Å². The summed E-state index contributed by atoms with van der Waals surface area (Å²) in [6.07, 6.45) is 3.22. The fourth-order valence-electron chi connectivity index (χ4n) is 3.98. The largest absolute Gasteiger partial charge is 0.454 e. The maximum absolute atomic E-state index is 14.3. The van der Waals surface area contributed by atoms with Crippen LogP contribution in [0.4, 0.5) is 4.39 Å². The average molecular weight is 434 g/mol. The second kappa shape index (κ2) is 8.06. The first kappa shape index (κ1) is 21.2. The third-order valence-corrected chi connectivity index (χ3v) is 5.87. The summed E-state index contributed by atoms with van der Waals surface area (Å²) in [5.74, 6) is -1.01. The van der Waals surface area contributed by atoms with Crippen LogP contribution in [-0.4, -0.2) is 5.97 Å². The highest BCUT2D eigenvalue weighted by atomic mass is 35.5. The zero-order chi connectivity index (χ0) is 21.2. The van der Waals surface area contributed by atoms with E-state index in [4.69, 9.17) is 33.2 Å². The number of hydrogen-bond acceptors (Lipinski definition) is 4. The molecule has 0 saturated heterocycles. The Hall–Kier alpha value is -2.55. The highest BCUT2D eigenvalue weighted by molar-refractivity contribution is 6.55. The molecule has 2 aromatic rings. The number of halogens is 3. The number of benzene rings is 2. The van der Waals surface area contributed by atoms with Gasteiger partial charge in [0.05, 0.1) is 5.41 Å². The Labute approximate surface area is 178 Å². The first-order valence-electron chi connectivity index (χ1n) is 8.87. The summed E-state index contributed by atoms with van der Waals surface area (Å²) in [5, 5.41) is 8.85. The maximum Gasteiger partial charge on any atom is 0.329 e. The van der Waals surface area contributed by atoms with E-state index in [-0.39, 0.29) is 22.6 Å². The van der Waals surface area contributed by atoms with E-state index in [0.717, 1.165) is 0 Å². The number of nitriles is 1. The van der Waals surface area contributed by atoms with Crippen LogP contribution in [0, 0.1) is 34.1 Å². The van der Waals surface area contributed by atoms with Crippen LogP contribution in [0.5, 0.6) is 11.5 Å². The van der Waals surface area contributed by atoms with Crippen molar-refractivity contribution in [1.82, 2.24) is 0 Å². The molecule has 0 heterocycles. The van der Waals surface area contributed by atoms with Gasteiger partial charge < -0.3 is 9.47 Å². The third-order valence-electron chi connectivity index (χ3n) is 5.62. The number of nitrogens with zero attached hydrogens (tertiary/aromatic N) is 1. The molecule has 0 radical (unpaired) electrons. The van der Waals surface area contributed by atoms with Crippen molar-refractivity contribution in [1.29, 1.82) is 5.26 Å². The number of allylic oxidation sites excluding steroid dienone is 1. The van der Waals surface area contributed by atoms with Gasteiger partial charge in [-0.25, -0.2) is 4.39 Å². The van der Waals surface area contributed by atoms with Gasteiger partial charge in [-0.05, 0) is 47.7 Å². The second-order valence-electron chi connectivity index (χ2n) is 7.46.